The minimum absolute atomic E-state index is 0.133. The number of likely N-dealkylation sites (N-methyl/N-ethyl adjacent to an activating group) is 1. The summed E-state index contributed by atoms with van der Waals surface area (Å²) in [6.45, 7) is 3.62. The first kappa shape index (κ1) is 28.7. The number of amides is 2. The molecule has 39 heavy (non-hydrogen) atoms. The highest BCUT2D eigenvalue weighted by Crippen LogP contribution is 2.19. The number of pyridine rings is 1. The first-order chi connectivity index (χ1) is 18.7. The first-order valence-electron chi connectivity index (χ1n) is 12.6. The number of halogens is 2. The molecule has 208 valence electrons. The van der Waals surface area contributed by atoms with Crippen molar-refractivity contribution in [1.82, 2.24) is 25.2 Å². The number of β-amino-alcohol motifs (C(OH)–C–C–N with tert-alkyl or cyclic N) is 1. The van der Waals surface area contributed by atoms with E-state index >= 15 is 0 Å². The van der Waals surface area contributed by atoms with Crippen LogP contribution in [0.25, 0.3) is 10.8 Å². The standard InChI is InChI=1S/C27H32ClFN6O4/c1-18(36)35(31-14-20-5-3-4-6-24(20)28)23(15-34-10-9-33(2)26(37)16-34)17-39-27(38)32-25-12-21-11-22(29)8-7-19(21)13-30-25/h3-8,11-13,23,26,31,37H,9-10,14-17H2,1-2H3,(H,30,32,38)/t23-,26-/m0/s1. The summed E-state index contributed by atoms with van der Waals surface area (Å²) in [7, 11) is 1.84. The van der Waals surface area contributed by atoms with E-state index in [9.17, 15) is 19.1 Å². The van der Waals surface area contributed by atoms with Crippen LogP contribution in [0.15, 0.2) is 54.7 Å². The molecule has 0 aliphatic carbocycles. The Bertz CT molecular complexity index is 1310. The van der Waals surface area contributed by atoms with Gasteiger partial charge in [0, 0.05) is 56.3 Å². The highest BCUT2D eigenvalue weighted by atomic mass is 35.5. The molecule has 2 atom stereocenters. The summed E-state index contributed by atoms with van der Waals surface area (Å²) < 4.78 is 19.1. The van der Waals surface area contributed by atoms with E-state index in [1.165, 1.54) is 30.3 Å². The van der Waals surface area contributed by atoms with Crippen LogP contribution in [0.1, 0.15) is 12.5 Å². The number of hydrogen-bond donors (Lipinski definition) is 3. The Hall–Kier alpha value is -3.35. The van der Waals surface area contributed by atoms with Gasteiger partial charge in [-0.2, -0.15) is 0 Å². The summed E-state index contributed by atoms with van der Waals surface area (Å²) in [5, 5.41) is 16.2. The number of ether oxygens (including phenoxy) is 1. The zero-order valence-corrected chi connectivity index (χ0v) is 22.6. The molecular weight excluding hydrogens is 527 g/mol. The van der Waals surface area contributed by atoms with Gasteiger partial charge in [0.25, 0.3) is 0 Å². The van der Waals surface area contributed by atoms with E-state index < -0.39 is 24.2 Å². The third-order valence-corrected chi connectivity index (χ3v) is 6.96. The lowest BCUT2D eigenvalue weighted by molar-refractivity contribution is -0.137. The van der Waals surface area contributed by atoms with E-state index in [1.54, 1.807) is 18.2 Å². The number of carbonyl (C=O) groups is 2. The van der Waals surface area contributed by atoms with Crippen molar-refractivity contribution in [2.75, 3.05) is 45.2 Å². The van der Waals surface area contributed by atoms with Crippen molar-refractivity contribution in [3.05, 3.63) is 71.1 Å². The van der Waals surface area contributed by atoms with Crippen LogP contribution in [0.3, 0.4) is 0 Å². The van der Waals surface area contributed by atoms with E-state index in [0.717, 1.165) is 10.9 Å². The Morgan fingerprint density at radius 1 is 1.23 bits per heavy atom. The number of nitrogens with one attached hydrogen (secondary N) is 2. The molecular formula is C27H32ClFN6O4. The molecule has 2 amide bonds. The molecule has 1 saturated heterocycles. The lowest BCUT2D eigenvalue weighted by Crippen LogP contribution is -2.58. The monoisotopic (exact) mass is 558 g/mol. The molecule has 4 rings (SSSR count). The van der Waals surface area contributed by atoms with Crippen LogP contribution in [0.2, 0.25) is 5.02 Å². The van der Waals surface area contributed by atoms with Gasteiger partial charge in [-0.25, -0.2) is 19.6 Å². The number of hydrogen-bond acceptors (Lipinski definition) is 8. The minimum Gasteiger partial charge on any atom is -0.447 e. The molecule has 0 unspecified atom stereocenters. The van der Waals surface area contributed by atoms with Gasteiger partial charge < -0.3 is 9.84 Å². The van der Waals surface area contributed by atoms with Gasteiger partial charge in [-0.05, 0) is 48.3 Å². The fraction of sp³-hybridized carbons (Fsp3) is 0.370. The smallest absolute Gasteiger partial charge is 0.412 e. The van der Waals surface area contributed by atoms with Crippen LogP contribution >= 0.6 is 11.6 Å². The van der Waals surface area contributed by atoms with E-state index in [1.807, 2.05) is 35.0 Å². The van der Waals surface area contributed by atoms with E-state index in [4.69, 9.17) is 16.3 Å². The SMILES string of the molecule is CC(=O)N(NCc1ccccc1Cl)[C@H](COC(=O)Nc1cc2cc(F)ccc2cn1)CN1CCN(C)[C@@H](O)C1. The Labute approximate surface area is 231 Å². The average molecular weight is 559 g/mol. The largest absolute Gasteiger partial charge is 0.447 e. The lowest BCUT2D eigenvalue weighted by atomic mass is 10.2. The quantitative estimate of drug-likeness (QED) is 0.344. The number of aliphatic hydroxyl groups excluding tert-OH is 1. The number of anilines is 1. The van der Waals surface area contributed by atoms with Gasteiger partial charge in [0.1, 0.15) is 24.5 Å². The molecule has 3 aromatic rings. The van der Waals surface area contributed by atoms with E-state index in [2.05, 4.69) is 15.7 Å². The van der Waals surface area contributed by atoms with Crippen LogP contribution in [0.5, 0.6) is 0 Å². The predicted octanol–water partition coefficient (Wildman–Crippen LogP) is 3.06. The molecule has 2 aromatic carbocycles. The van der Waals surface area contributed by atoms with Gasteiger partial charge in [-0.1, -0.05) is 29.8 Å². The Morgan fingerprint density at radius 2 is 2.03 bits per heavy atom. The van der Waals surface area contributed by atoms with Crippen molar-refractivity contribution in [2.45, 2.75) is 25.7 Å². The molecule has 0 saturated carbocycles. The second-order valence-corrected chi connectivity index (χ2v) is 9.88. The number of nitrogens with zero attached hydrogens (tertiary/aromatic N) is 4. The molecule has 1 aliphatic rings. The van der Waals surface area contributed by atoms with Crippen LogP contribution in [-0.2, 0) is 16.1 Å². The molecule has 2 heterocycles. The molecule has 1 aromatic heterocycles. The summed E-state index contributed by atoms with van der Waals surface area (Å²) in [4.78, 5) is 33.4. The summed E-state index contributed by atoms with van der Waals surface area (Å²) in [6.07, 6.45) is 0.118. The van der Waals surface area contributed by atoms with Crippen molar-refractivity contribution >= 4 is 40.2 Å². The second kappa shape index (κ2) is 13.1. The molecule has 0 spiro atoms. The van der Waals surface area contributed by atoms with Crippen LogP contribution in [-0.4, -0.2) is 89.0 Å². The summed E-state index contributed by atoms with van der Waals surface area (Å²) >= 11 is 6.29. The van der Waals surface area contributed by atoms with Gasteiger partial charge in [0.05, 0.1) is 6.04 Å². The van der Waals surface area contributed by atoms with Crippen molar-refractivity contribution in [1.29, 1.82) is 0 Å². The molecule has 0 radical (unpaired) electrons. The molecule has 0 bridgehead atoms. The summed E-state index contributed by atoms with van der Waals surface area (Å²) in [6, 6.07) is 12.6. The summed E-state index contributed by atoms with van der Waals surface area (Å²) in [5.74, 6) is -0.464. The Balaban J connectivity index is 1.45. The number of piperazine rings is 1. The maximum atomic E-state index is 13.6. The van der Waals surface area contributed by atoms with Gasteiger partial charge in [-0.3, -0.25) is 24.9 Å². The number of hydrazine groups is 1. The maximum absolute atomic E-state index is 13.6. The molecule has 10 nitrogen and oxygen atoms in total. The van der Waals surface area contributed by atoms with Crippen molar-refractivity contribution in [2.24, 2.45) is 0 Å². The minimum atomic E-state index is -0.767. The second-order valence-electron chi connectivity index (χ2n) is 9.47. The maximum Gasteiger partial charge on any atom is 0.412 e. The third-order valence-electron chi connectivity index (χ3n) is 6.59. The number of rotatable bonds is 9. The van der Waals surface area contributed by atoms with E-state index in [0.29, 0.717) is 36.6 Å². The zero-order chi connectivity index (χ0) is 27.9. The molecule has 1 fully saturated rings. The Morgan fingerprint density at radius 3 is 2.77 bits per heavy atom. The van der Waals surface area contributed by atoms with Gasteiger partial charge in [0.2, 0.25) is 5.91 Å². The van der Waals surface area contributed by atoms with Crippen molar-refractivity contribution < 1.29 is 23.8 Å². The molecule has 1 aliphatic heterocycles. The number of fused-ring (bicyclic) bond motifs is 1. The van der Waals surface area contributed by atoms with Crippen LogP contribution in [0, 0.1) is 5.82 Å². The van der Waals surface area contributed by atoms with Crippen LogP contribution < -0.4 is 10.7 Å². The van der Waals surface area contributed by atoms with Crippen molar-refractivity contribution in [3.63, 3.8) is 0 Å². The van der Waals surface area contributed by atoms with E-state index in [-0.39, 0.29) is 24.9 Å². The van der Waals surface area contributed by atoms with Gasteiger partial charge in [0.15, 0.2) is 0 Å². The highest BCUT2D eigenvalue weighted by Gasteiger charge is 2.29. The van der Waals surface area contributed by atoms with Crippen molar-refractivity contribution in [3.8, 4) is 0 Å². The third kappa shape index (κ3) is 7.84. The first-order valence-corrected chi connectivity index (χ1v) is 12.9. The number of aromatic nitrogens is 1. The number of aliphatic hydroxyl groups is 1. The zero-order valence-electron chi connectivity index (χ0n) is 21.8. The number of carbonyl (C=O) groups excluding carboxylic acids is 2. The lowest BCUT2D eigenvalue weighted by Gasteiger charge is -2.40. The average Bonchev–Trinajstić information content (AvgIpc) is 2.90. The fourth-order valence-corrected chi connectivity index (χ4v) is 4.59. The van der Waals surface area contributed by atoms with Crippen LogP contribution in [0.4, 0.5) is 15.0 Å². The Kier molecular flexibility index (Phi) is 9.65. The fourth-order valence-electron chi connectivity index (χ4n) is 4.38. The predicted molar refractivity (Wildman–Crippen MR) is 146 cm³/mol. The molecule has 3 N–H and O–H groups in total. The topological polar surface area (TPSA) is 110 Å². The van der Waals surface area contributed by atoms with Gasteiger partial charge >= 0.3 is 6.09 Å². The molecule has 12 heteroatoms. The summed E-state index contributed by atoms with van der Waals surface area (Å²) in [5.41, 5.74) is 3.93. The van der Waals surface area contributed by atoms with Gasteiger partial charge in [-0.15, -0.1) is 0 Å². The normalized spacial score (nSPS) is 17.1. The number of benzene rings is 2. The highest BCUT2D eigenvalue weighted by molar-refractivity contribution is 6.31.